The summed E-state index contributed by atoms with van der Waals surface area (Å²) in [7, 11) is 0. The van der Waals surface area contributed by atoms with E-state index in [9.17, 15) is 9.59 Å². The molecule has 2 rings (SSSR count). The summed E-state index contributed by atoms with van der Waals surface area (Å²) >= 11 is 0. The molecule has 0 amide bonds. The maximum absolute atomic E-state index is 12.2. The number of benzene rings is 1. The van der Waals surface area contributed by atoms with Crippen LogP contribution in [0.3, 0.4) is 0 Å². The Bertz CT molecular complexity index is 761. The van der Waals surface area contributed by atoms with Gasteiger partial charge in [0.25, 0.3) is 0 Å². The third-order valence-electron chi connectivity index (χ3n) is 3.54. The molecule has 0 saturated heterocycles. The van der Waals surface area contributed by atoms with Gasteiger partial charge in [-0.05, 0) is 26.3 Å². The molecule has 1 heterocycles. The molecule has 0 aliphatic rings. The summed E-state index contributed by atoms with van der Waals surface area (Å²) in [5.74, 6) is -0.785. The third-order valence-corrected chi connectivity index (χ3v) is 3.54. The Labute approximate surface area is 152 Å². The highest BCUT2D eigenvalue weighted by Crippen LogP contribution is 2.16. The largest absolute Gasteiger partial charge is 0.462 e. The number of aromatic nitrogens is 2. The predicted molar refractivity (Wildman–Crippen MR) is 97.4 cm³/mol. The third kappa shape index (κ3) is 4.95. The smallest absolute Gasteiger partial charge is 0.347 e. The van der Waals surface area contributed by atoms with E-state index in [0.29, 0.717) is 18.1 Å². The first-order valence-corrected chi connectivity index (χ1v) is 8.44. The first-order chi connectivity index (χ1) is 12.6. The molecule has 7 nitrogen and oxygen atoms in total. The van der Waals surface area contributed by atoms with Crippen molar-refractivity contribution < 1.29 is 19.1 Å². The van der Waals surface area contributed by atoms with Crippen LogP contribution in [-0.4, -0.2) is 34.9 Å². The average molecular weight is 357 g/mol. The first-order valence-electron chi connectivity index (χ1n) is 8.44. The van der Waals surface area contributed by atoms with E-state index < -0.39 is 11.9 Å². The molecular weight excluding hydrogens is 334 g/mol. The van der Waals surface area contributed by atoms with Crippen LogP contribution in [0.15, 0.2) is 53.9 Å². The van der Waals surface area contributed by atoms with Crippen LogP contribution >= 0.6 is 0 Å². The SMILES string of the molecule is CCOC(=O)C(C(=O)OCC)=C(C)Nc1ccnn1Cc1ccccc1. The molecule has 0 saturated carbocycles. The van der Waals surface area contributed by atoms with Crippen molar-refractivity contribution in [3.63, 3.8) is 0 Å². The highest BCUT2D eigenvalue weighted by molar-refractivity contribution is 6.15. The van der Waals surface area contributed by atoms with Crippen molar-refractivity contribution in [1.29, 1.82) is 0 Å². The Hall–Kier alpha value is -3.09. The van der Waals surface area contributed by atoms with Crippen LogP contribution in [0.1, 0.15) is 26.3 Å². The lowest BCUT2D eigenvalue weighted by Gasteiger charge is -2.14. The van der Waals surface area contributed by atoms with E-state index in [1.165, 1.54) is 0 Å². The van der Waals surface area contributed by atoms with Crippen molar-refractivity contribution in [3.05, 3.63) is 59.4 Å². The zero-order valence-corrected chi connectivity index (χ0v) is 15.2. The topological polar surface area (TPSA) is 82.5 Å². The van der Waals surface area contributed by atoms with Gasteiger partial charge in [-0.2, -0.15) is 5.10 Å². The Morgan fingerprint density at radius 3 is 2.23 bits per heavy atom. The molecule has 0 radical (unpaired) electrons. The number of esters is 2. The lowest BCUT2D eigenvalue weighted by atomic mass is 10.2. The fraction of sp³-hybridized carbons (Fsp3) is 0.316. The summed E-state index contributed by atoms with van der Waals surface area (Å²) in [5.41, 5.74) is 1.27. The number of hydrogen-bond acceptors (Lipinski definition) is 6. The zero-order chi connectivity index (χ0) is 18.9. The van der Waals surface area contributed by atoms with Crippen molar-refractivity contribution in [2.45, 2.75) is 27.3 Å². The molecule has 0 unspecified atom stereocenters. The quantitative estimate of drug-likeness (QED) is 0.339. The fourth-order valence-electron chi connectivity index (χ4n) is 2.37. The fourth-order valence-corrected chi connectivity index (χ4v) is 2.37. The highest BCUT2D eigenvalue weighted by Gasteiger charge is 2.24. The molecule has 0 spiro atoms. The first kappa shape index (κ1) is 19.2. The maximum Gasteiger partial charge on any atom is 0.347 e. The van der Waals surface area contributed by atoms with Gasteiger partial charge in [-0.1, -0.05) is 30.3 Å². The van der Waals surface area contributed by atoms with Crippen LogP contribution in [-0.2, 0) is 25.6 Å². The van der Waals surface area contributed by atoms with E-state index in [4.69, 9.17) is 9.47 Å². The van der Waals surface area contributed by atoms with Crippen LogP contribution in [0.5, 0.6) is 0 Å². The Kier molecular flexibility index (Phi) is 6.96. The normalized spacial score (nSPS) is 10.1. The lowest BCUT2D eigenvalue weighted by molar-refractivity contribution is -0.146. The van der Waals surface area contributed by atoms with Gasteiger partial charge in [-0.25, -0.2) is 14.3 Å². The molecule has 0 atom stereocenters. The summed E-state index contributed by atoms with van der Waals surface area (Å²) in [6.07, 6.45) is 1.65. The lowest BCUT2D eigenvalue weighted by Crippen LogP contribution is -2.22. The number of nitrogens with zero attached hydrogens (tertiary/aromatic N) is 2. The zero-order valence-electron chi connectivity index (χ0n) is 15.2. The molecule has 2 aromatic rings. The van der Waals surface area contributed by atoms with Crippen molar-refractivity contribution in [2.75, 3.05) is 18.5 Å². The molecule has 0 aliphatic carbocycles. The van der Waals surface area contributed by atoms with E-state index in [2.05, 4.69) is 10.4 Å². The van der Waals surface area contributed by atoms with Crippen LogP contribution in [0.2, 0.25) is 0 Å². The Morgan fingerprint density at radius 1 is 1.04 bits per heavy atom. The molecule has 1 N–H and O–H groups in total. The summed E-state index contributed by atoms with van der Waals surface area (Å²) in [6, 6.07) is 11.6. The molecular formula is C19H23N3O4. The van der Waals surface area contributed by atoms with E-state index in [1.807, 2.05) is 30.3 Å². The number of hydrogen-bond donors (Lipinski definition) is 1. The molecule has 0 fully saturated rings. The monoisotopic (exact) mass is 357 g/mol. The maximum atomic E-state index is 12.2. The minimum absolute atomic E-state index is 0.152. The van der Waals surface area contributed by atoms with Gasteiger partial charge in [0.05, 0.1) is 26.0 Å². The number of carbonyl (C=O) groups excluding carboxylic acids is 2. The van der Waals surface area contributed by atoms with Gasteiger partial charge in [-0.3, -0.25) is 0 Å². The Morgan fingerprint density at radius 2 is 1.65 bits per heavy atom. The van der Waals surface area contributed by atoms with Gasteiger partial charge in [0, 0.05) is 11.8 Å². The molecule has 0 aliphatic heterocycles. The second kappa shape index (κ2) is 9.41. The van der Waals surface area contributed by atoms with Gasteiger partial charge in [0.15, 0.2) is 5.57 Å². The molecule has 138 valence electrons. The number of rotatable bonds is 8. The second-order valence-electron chi connectivity index (χ2n) is 5.43. The van der Waals surface area contributed by atoms with Gasteiger partial charge in [0.1, 0.15) is 5.82 Å². The summed E-state index contributed by atoms with van der Waals surface area (Å²) in [5, 5.41) is 7.35. The van der Waals surface area contributed by atoms with E-state index in [-0.39, 0.29) is 18.8 Å². The van der Waals surface area contributed by atoms with Crippen molar-refractivity contribution >= 4 is 17.8 Å². The predicted octanol–water partition coefficient (Wildman–Crippen LogP) is 2.74. The summed E-state index contributed by atoms with van der Waals surface area (Å²) in [4.78, 5) is 24.3. The number of nitrogens with one attached hydrogen (secondary N) is 1. The van der Waals surface area contributed by atoms with E-state index >= 15 is 0 Å². The molecule has 1 aromatic heterocycles. The molecule has 26 heavy (non-hydrogen) atoms. The number of anilines is 1. The minimum atomic E-state index is -0.718. The highest BCUT2D eigenvalue weighted by atomic mass is 16.6. The van der Waals surface area contributed by atoms with Gasteiger partial charge in [0.2, 0.25) is 0 Å². The van der Waals surface area contributed by atoms with Crippen LogP contribution in [0.4, 0.5) is 5.82 Å². The van der Waals surface area contributed by atoms with Crippen molar-refractivity contribution in [2.24, 2.45) is 0 Å². The van der Waals surface area contributed by atoms with Crippen LogP contribution in [0.25, 0.3) is 0 Å². The number of ether oxygens (including phenoxy) is 2. The molecule has 1 aromatic carbocycles. The summed E-state index contributed by atoms with van der Waals surface area (Å²) in [6.45, 7) is 5.87. The van der Waals surface area contributed by atoms with Gasteiger partial charge < -0.3 is 14.8 Å². The van der Waals surface area contributed by atoms with Crippen molar-refractivity contribution in [1.82, 2.24) is 9.78 Å². The van der Waals surface area contributed by atoms with Gasteiger partial charge in [-0.15, -0.1) is 0 Å². The number of carbonyl (C=O) groups is 2. The standard InChI is InChI=1S/C19H23N3O4/c1-4-25-18(23)17(19(24)26-5-2)14(3)21-16-11-12-20-22(16)13-15-9-7-6-8-10-15/h6-12,21H,4-5,13H2,1-3H3. The molecule has 7 heteroatoms. The second-order valence-corrected chi connectivity index (χ2v) is 5.43. The van der Waals surface area contributed by atoms with Gasteiger partial charge >= 0.3 is 11.9 Å². The minimum Gasteiger partial charge on any atom is -0.462 e. The van der Waals surface area contributed by atoms with Crippen LogP contribution < -0.4 is 5.32 Å². The van der Waals surface area contributed by atoms with Crippen molar-refractivity contribution in [3.8, 4) is 0 Å². The Balaban J connectivity index is 2.26. The molecule has 0 bridgehead atoms. The summed E-state index contributed by atoms with van der Waals surface area (Å²) < 4.78 is 11.7. The van der Waals surface area contributed by atoms with E-state index in [1.54, 1.807) is 37.7 Å². The van der Waals surface area contributed by atoms with E-state index in [0.717, 1.165) is 5.56 Å². The average Bonchev–Trinajstić information content (AvgIpc) is 3.03. The van der Waals surface area contributed by atoms with Crippen LogP contribution in [0, 0.1) is 0 Å². The number of allylic oxidation sites excluding steroid dienone is 1.